The van der Waals surface area contributed by atoms with Gasteiger partial charge >= 0.3 is 5.97 Å². The molecule has 0 aliphatic heterocycles. The number of aromatic hydroxyl groups is 1. The van der Waals surface area contributed by atoms with Crippen LogP contribution in [0, 0.1) is 0 Å². The van der Waals surface area contributed by atoms with Crippen molar-refractivity contribution in [1.82, 2.24) is 4.98 Å². The molecule has 0 bridgehead atoms. The van der Waals surface area contributed by atoms with E-state index in [1.807, 2.05) is 24.3 Å². The summed E-state index contributed by atoms with van der Waals surface area (Å²) in [6.45, 7) is 0. The first-order valence-electron chi connectivity index (χ1n) is 5.40. The number of hydrogen-bond acceptors (Lipinski definition) is 3. The minimum atomic E-state index is -1.14. The summed E-state index contributed by atoms with van der Waals surface area (Å²) in [7, 11) is 0. The molecule has 4 heteroatoms. The van der Waals surface area contributed by atoms with Crippen molar-refractivity contribution in [2.24, 2.45) is 0 Å². The summed E-state index contributed by atoms with van der Waals surface area (Å²) in [4.78, 5) is 15.2. The lowest BCUT2D eigenvalue weighted by atomic mass is 10.0. The maximum absolute atomic E-state index is 11.0. The normalized spacial score (nSPS) is 10.9. The van der Waals surface area contributed by atoms with E-state index in [0.29, 0.717) is 0 Å². The van der Waals surface area contributed by atoms with Gasteiger partial charge in [0.25, 0.3) is 0 Å². The first kappa shape index (κ1) is 10.5. The van der Waals surface area contributed by atoms with Crippen molar-refractivity contribution in [2.75, 3.05) is 0 Å². The summed E-state index contributed by atoms with van der Waals surface area (Å²) in [5.41, 5.74) is 0.653. The zero-order valence-electron chi connectivity index (χ0n) is 9.29. The molecule has 3 rings (SSSR count). The number of carboxylic acid groups (broad SMARTS) is 1. The van der Waals surface area contributed by atoms with E-state index in [1.165, 1.54) is 12.1 Å². The average molecular weight is 239 g/mol. The van der Waals surface area contributed by atoms with E-state index < -0.39 is 5.97 Å². The molecule has 0 unspecified atom stereocenters. The molecule has 1 aromatic heterocycles. The third-order valence-electron chi connectivity index (χ3n) is 2.93. The first-order valence-corrected chi connectivity index (χ1v) is 5.40. The van der Waals surface area contributed by atoms with Gasteiger partial charge in [0.15, 0.2) is 0 Å². The molecule has 18 heavy (non-hydrogen) atoms. The van der Waals surface area contributed by atoms with Gasteiger partial charge in [0.2, 0.25) is 0 Å². The Bertz CT molecular complexity index is 780. The van der Waals surface area contributed by atoms with Gasteiger partial charge in [-0.2, -0.15) is 0 Å². The van der Waals surface area contributed by atoms with Crippen LogP contribution in [0.2, 0.25) is 0 Å². The third-order valence-corrected chi connectivity index (χ3v) is 2.93. The second kappa shape index (κ2) is 3.70. The molecule has 0 fully saturated rings. The summed E-state index contributed by atoms with van der Waals surface area (Å²) >= 11 is 0. The molecule has 2 N–H and O–H groups in total. The smallest absolute Gasteiger partial charge is 0.339 e. The Labute approximate surface area is 102 Å². The quantitative estimate of drug-likeness (QED) is 0.640. The van der Waals surface area contributed by atoms with Crippen molar-refractivity contribution >= 4 is 27.6 Å². The van der Waals surface area contributed by atoms with Gasteiger partial charge in [-0.15, -0.1) is 0 Å². The Kier molecular flexibility index (Phi) is 2.16. The Balaban J connectivity index is 2.46. The lowest BCUT2D eigenvalue weighted by Gasteiger charge is -2.06. The SMILES string of the molecule is O=C(O)c1cc2ccc3cccnc3c2cc1O. The van der Waals surface area contributed by atoms with E-state index in [1.54, 1.807) is 6.20 Å². The van der Waals surface area contributed by atoms with Gasteiger partial charge < -0.3 is 10.2 Å². The molecule has 0 saturated heterocycles. The topological polar surface area (TPSA) is 70.4 Å². The van der Waals surface area contributed by atoms with E-state index >= 15 is 0 Å². The van der Waals surface area contributed by atoms with Crippen LogP contribution in [0.1, 0.15) is 10.4 Å². The molecule has 0 saturated carbocycles. The van der Waals surface area contributed by atoms with Crippen molar-refractivity contribution in [2.45, 2.75) is 0 Å². The molecule has 0 atom stereocenters. The molecule has 0 radical (unpaired) electrons. The van der Waals surface area contributed by atoms with Gasteiger partial charge in [-0.05, 0) is 23.6 Å². The summed E-state index contributed by atoms with van der Waals surface area (Å²) in [5, 5.41) is 21.1. The molecule has 3 aromatic rings. The van der Waals surface area contributed by atoms with Crippen LogP contribution in [0.3, 0.4) is 0 Å². The summed E-state index contributed by atoms with van der Waals surface area (Å²) in [5.74, 6) is -1.39. The maximum atomic E-state index is 11.0. The summed E-state index contributed by atoms with van der Waals surface area (Å²) in [6, 6.07) is 10.4. The van der Waals surface area contributed by atoms with E-state index in [9.17, 15) is 9.90 Å². The summed E-state index contributed by atoms with van der Waals surface area (Å²) < 4.78 is 0. The monoisotopic (exact) mass is 239 g/mol. The second-order valence-corrected chi connectivity index (χ2v) is 4.04. The number of carboxylic acids is 1. The highest BCUT2D eigenvalue weighted by Gasteiger charge is 2.12. The van der Waals surface area contributed by atoms with Crippen molar-refractivity contribution in [1.29, 1.82) is 0 Å². The van der Waals surface area contributed by atoms with E-state index in [2.05, 4.69) is 4.98 Å². The van der Waals surface area contributed by atoms with Gasteiger partial charge in [0, 0.05) is 17.0 Å². The number of aromatic carboxylic acids is 1. The molecule has 1 heterocycles. The molecule has 0 spiro atoms. The van der Waals surface area contributed by atoms with E-state index in [-0.39, 0.29) is 11.3 Å². The van der Waals surface area contributed by atoms with Gasteiger partial charge in [-0.25, -0.2) is 4.79 Å². The van der Waals surface area contributed by atoms with Crippen molar-refractivity contribution in [3.8, 4) is 5.75 Å². The molecule has 4 nitrogen and oxygen atoms in total. The first-order chi connectivity index (χ1) is 8.66. The number of fused-ring (bicyclic) bond motifs is 3. The zero-order chi connectivity index (χ0) is 12.7. The average Bonchev–Trinajstić information content (AvgIpc) is 2.37. The van der Waals surface area contributed by atoms with Gasteiger partial charge in [0.1, 0.15) is 11.3 Å². The number of nitrogens with zero attached hydrogens (tertiary/aromatic N) is 1. The molecular formula is C14H9NO3. The maximum Gasteiger partial charge on any atom is 0.339 e. The van der Waals surface area contributed by atoms with Crippen LogP contribution in [0.5, 0.6) is 5.75 Å². The van der Waals surface area contributed by atoms with Crippen LogP contribution in [-0.4, -0.2) is 21.2 Å². The highest BCUT2D eigenvalue weighted by atomic mass is 16.4. The number of phenols is 1. The van der Waals surface area contributed by atoms with Crippen molar-refractivity contribution in [3.05, 3.63) is 48.2 Å². The third kappa shape index (κ3) is 1.47. The predicted octanol–water partition coefficient (Wildman–Crippen LogP) is 2.79. The lowest BCUT2D eigenvalue weighted by molar-refractivity contribution is 0.0694. The zero-order valence-corrected chi connectivity index (χ0v) is 9.29. The highest BCUT2D eigenvalue weighted by molar-refractivity contribution is 6.08. The fourth-order valence-electron chi connectivity index (χ4n) is 2.08. The van der Waals surface area contributed by atoms with Crippen LogP contribution in [0.15, 0.2) is 42.6 Å². The molecule has 0 aliphatic carbocycles. The summed E-state index contributed by atoms with van der Waals surface area (Å²) in [6.07, 6.45) is 1.67. The fourth-order valence-corrected chi connectivity index (χ4v) is 2.08. The Morgan fingerprint density at radius 1 is 1.11 bits per heavy atom. The Morgan fingerprint density at radius 3 is 2.67 bits per heavy atom. The van der Waals surface area contributed by atoms with Gasteiger partial charge in [-0.3, -0.25) is 4.98 Å². The van der Waals surface area contributed by atoms with Crippen LogP contribution in [-0.2, 0) is 0 Å². The number of carbonyl (C=O) groups is 1. The standard InChI is InChI=1S/C14H9NO3/c16-12-7-10-9(6-11(12)14(17)18)4-3-8-2-1-5-15-13(8)10/h1-7,16H,(H,17,18). The van der Waals surface area contributed by atoms with Crippen LogP contribution < -0.4 is 0 Å². The Hall–Kier alpha value is -2.62. The molecule has 2 aromatic carbocycles. The number of pyridine rings is 1. The van der Waals surface area contributed by atoms with Gasteiger partial charge in [0.05, 0.1) is 5.52 Å². The van der Waals surface area contributed by atoms with Crippen LogP contribution >= 0.6 is 0 Å². The van der Waals surface area contributed by atoms with Crippen LogP contribution in [0.25, 0.3) is 21.7 Å². The molecule has 0 aliphatic rings. The lowest BCUT2D eigenvalue weighted by Crippen LogP contribution is -1.96. The Morgan fingerprint density at radius 2 is 1.89 bits per heavy atom. The van der Waals surface area contributed by atoms with Crippen molar-refractivity contribution in [3.63, 3.8) is 0 Å². The largest absolute Gasteiger partial charge is 0.507 e. The minimum Gasteiger partial charge on any atom is -0.507 e. The number of benzene rings is 2. The molecule has 88 valence electrons. The van der Waals surface area contributed by atoms with Crippen molar-refractivity contribution < 1.29 is 15.0 Å². The van der Waals surface area contributed by atoms with E-state index in [0.717, 1.165) is 21.7 Å². The second-order valence-electron chi connectivity index (χ2n) is 4.04. The van der Waals surface area contributed by atoms with E-state index in [4.69, 9.17) is 5.11 Å². The predicted molar refractivity (Wildman–Crippen MR) is 67.9 cm³/mol. The number of aromatic nitrogens is 1. The fraction of sp³-hybridized carbons (Fsp3) is 0. The molecular weight excluding hydrogens is 230 g/mol. The highest BCUT2D eigenvalue weighted by Crippen LogP contribution is 2.29. The molecule has 0 amide bonds. The van der Waals surface area contributed by atoms with Crippen LogP contribution in [0.4, 0.5) is 0 Å². The number of rotatable bonds is 1. The number of hydrogen-bond donors (Lipinski definition) is 2. The minimum absolute atomic E-state index is 0.0993. The van der Waals surface area contributed by atoms with Gasteiger partial charge in [-0.1, -0.05) is 18.2 Å².